The molecule has 1 atom stereocenters. The Morgan fingerprint density at radius 3 is 2.66 bits per heavy atom. The Kier molecular flexibility index (Phi) is 6.32. The molecule has 194 valence electrons. The summed E-state index contributed by atoms with van der Waals surface area (Å²) in [5.74, 6) is -3.74. The maximum absolute atomic E-state index is 15.9. The molecule has 2 N–H and O–H groups in total. The highest BCUT2D eigenvalue weighted by molar-refractivity contribution is 7.14. The van der Waals surface area contributed by atoms with Crippen molar-refractivity contribution in [3.05, 3.63) is 69.6 Å². The Balaban J connectivity index is 1.78. The predicted octanol–water partition coefficient (Wildman–Crippen LogP) is 2.17. The smallest absolute Gasteiger partial charge is 0.259 e. The number of fused-ring (bicyclic) bond motifs is 1. The molecule has 2 amide bonds. The molecule has 0 bridgehead atoms. The molecular weight excluding hydrogens is 517 g/mol. The number of nitrogens with zero attached hydrogens (tertiary/aromatic N) is 5. The van der Waals surface area contributed by atoms with Crippen molar-refractivity contribution in [2.24, 2.45) is 0 Å². The molecule has 2 aromatic heterocycles. The molecule has 1 fully saturated rings. The van der Waals surface area contributed by atoms with Gasteiger partial charge in [0.2, 0.25) is 5.91 Å². The summed E-state index contributed by atoms with van der Waals surface area (Å²) >= 11 is 0.790. The van der Waals surface area contributed by atoms with Crippen LogP contribution in [0.2, 0.25) is 0 Å². The lowest BCUT2D eigenvalue weighted by Crippen LogP contribution is -2.57. The lowest BCUT2D eigenvalue weighted by Gasteiger charge is -2.42. The van der Waals surface area contributed by atoms with Crippen molar-refractivity contribution in [3.63, 3.8) is 0 Å². The van der Waals surface area contributed by atoms with Gasteiger partial charge in [0.15, 0.2) is 11.6 Å². The predicted molar refractivity (Wildman–Crippen MR) is 137 cm³/mol. The Bertz CT molecular complexity index is 1720. The summed E-state index contributed by atoms with van der Waals surface area (Å²) in [7, 11) is 0. The lowest BCUT2D eigenvalue weighted by molar-refractivity contribution is -0.128. The Morgan fingerprint density at radius 1 is 1.24 bits per heavy atom. The van der Waals surface area contributed by atoms with Gasteiger partial charge in [-0.15, -0.1) is 11.3 Å². The van der Waals surface area contributed by atoms with Crippen molar-refractivity contribution < 1.29 is 22.8 Å². The van der Waals surface area contributed by atoms with Crippen LogP contribution in [0.5, 0.6) is 0 Å². The quantitative estimate of drug-likeness (QED) is 0.515. The Labute approximate surface area is 218 Å². The number of aromatic nitrogens is 2. The van der Waals surface area contributed by atoms with Gasteiger partial charge < -0.3 is 15.5 Å². The fourth-order valence-electron chi connectivity index (χ4n) is 5.27. The Morgan fingerprint density at radius 2 is 2.00 bits per heavy atom. The van der Waals surface area contributed by atoms with Crippen molar-refractivity contribution in [1.29, 1.82) is 5.26 Å². The molecular formula is C26H21F3N6O2S. The highest BCUT2D eigenvalue weighted by Crippen LogP contribution is 2.36. The van der Waals surface area contributed by atoms with Gasteiger partial charge in [-0.2, -0.15) is 10.4 Å². The second-order valence-corrected chi connectivity index (χ2v) is 9.94. The van der Waals surface area contributed by atoms with E-state index in [1.807, 2.05) is 6.07 Å². The summed E-state index contributed by atoms with van der Waals surface area (Å²) in [6, 6.07) is 1.46. The first-order valence-electron chi connectivity index (χ1n) is 11.6. The molecule has 0 radical (unpaired) electrons. The van der Waals surface area contributed by atoms with Gasteiger partial charge >= 0.3 is 0 Å². The number of thiophene rings is 1. The number of hydrogen-bond acceptors (Lipinski definition) is 6. The number of piperazine rings is 1. The summed E-state index contributed by atoms with van der Waals surface area (Å²) in [4.78, 5) is 28.8. The molecule has 0 unspecified atom stereocenters. The first-order valence-corrected chi connectivity index (χ1v) is 12.4. The number of nitrogen functional groups attached to an aromatic ring is 1. The zero-order valence-corrected chi connectivity index (χ0v) is 20.8. The van der Waals surface area contributed by atoms with E-state index in [0.717, 1.165) is 11.3 Å². The third-order valence-electron chi connectivity index (χ3n) is 7.01. The fraction of sp³-hybridized carbons (Fsp3) is 0.231. The van der Waals surface area contributed by atoms with Gasteiger partial charge in [0.25, 0.3) is 5.91 Å². The Hall–Kier alpha value is -4.37. The number of allylic oxidation sites excluding steroid dienone is 1. The monoisotopic (exact) mass is 538 g/mol. The van der Waals surface area contributed by atoms with E-state index in [9.17, 15) is 19.2 Å². The van der Waals surface area contributed by atoms with Gasteiger partial charge in [-0.3, -0.25) is 14.3 Å². The minimum atomic E-state index is -1.39. The molecule has 8 nitrogen and oxygen atoms in total. The van der Waals surface area contributed by atoms with Gasteiger partial charge in [0.05, 0.1) is 27.9 Å². The summed E-state index contributed by atoms with van der Waals surface area (Å²) in [5.41, 5.74) is 5.06. The first kappa shape index (κ1) is 25.3. The largest absolute Gasteiger partial charge is 0.389 e. The SMILES string of the molecule is C=CC(=O)N1CCN2C(=O)c3c(F)c(F)c(/C(C=C)=c4\c(C#N)c(N)s\c4=C/F)c4cnn(c34)CC[C@@H]2C1. The van der Waals surface area contributed by atoms with E-state index in [4.69, 9.17) is 5.73 Å². The number of benzene rings is 1. The molecule has 12 heteroatoms. The maximum atomic E-state index is 15.9. The van der Waals surface area contributed by atoms with Gasteiger partial charge in [-0.25, -0.2) is 13.2 Å². The van der Waals surface area contributed by atoms with Crippen LogP contribution in [0.15, 0.2) is 31.5 Å². The second kappa shape index (κ2) is 9.50. The van der Waals surface area contributed by atoms with E-state index in [1.54, 1.807) is 4.90 Å². The molecule has 1 saturated heterocycles. The van der Waals surface area contributed by atoms with E-state index in [0.29, 0.717) is 6.42 Å². The van der Waals surface area contributed by atoms with Crippen molar-refractivity contribution in [2.75, 3.05) is 25.4 Å². The topological polar surface area (TPSA) is 108 Å². The number of nitrogens with two attached hydrogens (primary N) is 1. The minimum absolute atomic E-state index is 0.0138. The van der Waals surface area contributed by atoms with Crippen LogP contribution in [-0.4, -0.2) is 57.1 Å². The number of anilines is 1. The molecule has 0 aliphatic carbocycles. The number of aryl methyl sites for hydroxylation is 1. The van der Waals surface area contributed by atoms with Gasteiger partial charge in [0.1, 0.15) is 23.0 Å². The van der Waals surface area contributed by atoms with Crippen LogP contribution in [0, 0.1) is 23.0 Å². The molecule has 1 aromatic carbocycles. The number of carbonyl (C=O) groups excluding carboxylic acids is 2. The second-order valence-electron chi connectivity index (χ2n) is 8.86. The number of nitriles is 1. The van der Waals surface area contributed by atoms with Crippen molar-refractivity contribution in [3.8, 4) is 6.07 Å². The average molecular weight is 539 g/mol. The zero-order valence-electron chi connectivity index (χ0n) is 20.0. The maximum Gasteiger partial charge on any atom is 0.259 e. The third-order valence-corrected chi connectivity index (χ3v) is 7.95. The first-order chi connectivity index (χ1) is 18.3. The summed E-state index contributed by atoms with van der Waals surface area (Å²) in [6.45, 7) is 8.05. The molecule has 2 aliphatic rings. The van der Waals surface area contributed by atoms with Crippen LogP contribution in [-0.2, 0) is 11.3 Å². The zero-order chi connectivity index (χ0) is 27.3. The minimum Gasteiger partial charge on any atom is -0.389 e. The molecule has 38 heavy (non-hydrogen) atoms. The average Bonchev–Trinajstić information content (AvgIpc) is 3.48. The van der Waals surface area contributed by atoms with E-state index < -0.39 is 29.1 Å². The van der Waals surface area contributed by atoms with Crippen LogP contribution in [0.4, 0.5) is 18.2 Å². The van der Waals surface area contributed by atoms with Crippen LogP contribution < -0.4 is 15.5 Å². The normalized spacial score (nSPS) is 18.5. The van der Waals surface area contributed by atoms with Crippen molar-refractivity contribution in [2.45, 2.75) is 19.0 Å². The molecule has 0 spiro atoms. The number of rotatable bonds is 3. The highest BCUT2D eigenvalue weighted by Gasteiger charge is 2.38. The van der Waals surface area contributed by atoms with Gasteiger partial charge in [0, 0.05) is 42.3 Å². The third kappa shape index (κ3) is 3.61. The molecule has 5 rings (SSSR count). The molecule has 0 saturated carbocycles. The van der Waals surface area contributed by atoms with Crippen molar-refractivity contribution in [1.82, 2.24) is 19.6 Å². The lowest BCUT2D eigenvalue weighted by atomic mass is 9.94. The highest BCUT2D eigenvalue weighted by atomic mass is 32.1. The summed E-state index contributed by atoms with van der Waals surface area (Å²) in [6.07, 6.45) is 4.36. The van der Waals surface area contributed by atoms with E-state index in [2.05, 4.69) is 18.3 Å². The molecule has 3 aromatic rings. The van der Waals surface area contributed by atoms with E-state index in [-0.39, 0.29) is 80.8 Å². The standard InChI is InChI=1S/C26H21F3N6O2S/c1-3-14(19-15(10-30)25(31)38-17(19)9-27)20-16-11-32-35-6-5-13-12-33(18(36)4-2)7-8-34(13)26(37)21(24(16)35)23(29)22(20)28/h3-4,9,11,13H,1-2,5-8,12,31H2/b17-9-,19-14+/t13-/m1/s1. The fourth-order valence-corrected chi connectivity index (χ4v) is 6.11. The van der Waals surface area contributed by atoms with E-state index in [1.165, 1.54) is 27.9 Å². The van der Waals surface area contributed by atoms with E-state index >= 15 is 8.78 Å². The number of halogens is 3. The molecule has 4 heterocycles. The van der Waals surface area contributed by atoms with Crippen LogP contribution in [0.1, 0.15) is 27.9 Å². The number of amides is 2. The van der Waals surface area contributed by atoms with Crippen LogP contribution in [0.25, 0.3) is 22.8 Å². The number of carbonyl (C=O) groups is 2. The summed E-state index contributed by atoms with van der Waals surface area (Å²) in [5, 5.41) is 14.1. The molecule has 2 aliphatic heterocycles. The van der Waals surface area contributed by atoms with Crippen LogP contribution >= 0.6 is 11.3 Å². The number of hydrogen-bond donors (Lipinski definition) is 1. The van der Waals surface area contributed by atoms with Gasteiger partial charge in [-0.1, -0.05) is 19.2 Å². The summed E-state index contributed by atoms with van der Waals surface area (Å²) < 4.78 is 47.0. The van der Waals surface area contributed by atoms with Crippen LogP contribution in [0.3, 0.4) is 0 Å². The van der Waals surface area contributed by atoms with Crippen molar-refractivity contribution >= 4 is 51.0 Å². The van der Waals surface area contributed by atoms with Gasteiger partial charge in [-0.05, 0) is 18.1 Å².